The van der Waals surface area contributed by atoms with Gasteiger partial charge in [0.15, 0.2) is 5.65 Å². The van der Waals surface area contributed by atoms with Crippen LogP contribution in [0, 0.1) is 11.7 Å². The number of rotatable bonds is 5. The predicted molar refractivity (Wildman–Crippen MR) is 130 cm³/mol. The number of pyridine rings is 1. The first kappa shape index (κ1) is 25.3. The fourth-order valence-electron chi connectivity index (χ4n) is 4.74. The van der Waals surface area contributed by atoms with Crippen LogP contribution in [0.4, 0.5) is 4.39 Å². The SMILES string of the molecule is CC(C)(C)OC(=O)CC1CCC(n2c(=O)c3cc(F)cnc3n(-c3cccc(C(=O)O)c3)c2=O)CC1. The Bertz CT molecular complexity index is 1440. The summed E-state index contributed by atoms with van der Waals surface area (Å²) < 4.78 is 21.7. The van der Waals surface area contributed by atoms with Gasteiger partial charge >= 0.3 is 17.6 Å². The van der Waals surface area contributed by atoms with Gasteiger partial charge in [0.05, 0.1) is 22.8 Å². The summed E-state index contributed by atoms with van der Waals surface area (Å²) in [6, 6.07) is 6.28. The Morgan fingerprint density at radius 1 is 1.14 bits per heavy atom. The van der Waals surface area contributed by atoms with Gasteiger partial charge in [-0.1, -0.05) is 6.07 Å². The van der Waals surface area contributed by atoms with Crippen LogP contribution in [0.25, 0.3) is 16.7 Å². The van der Waals surface area contributed by atoms with Crippen LogP contribution >= 0.6 is 0 Å². The van der Waals surface area contributed by atoms with Crippen LogP contribution in [-0.2, 0) is 9.53 Å². The van der Waals surface area contributed by atoms with Gasteiger partial charge in [0, 0.05) is 12.5 Å². The Morgan fingerprint density at radius 2 is 1.83 bits per heavy atom. The molecule has 2 heterocycles. The maximum atomic E-state index is 14.1. The number of ether oxygens (including phenoxy) is 1. The minimum atomic E-state index is -1.18. The number of aromatic carboxylic acids is 1. The molecule has 1 saturated carbocycles. The van der Waals surface area contributed by atoms with Gasteiger partial charge in [-0.05, 0) is 76.6 Å². The van der Waals surface area contributed by atoms with Crippen molar-refractivity contribution in [1.29, 1.82) is 0 Å². The maximum absolute atomic E-state index is 14.1. The molecule has 1 aromatic carbocycles. The molecule has 10 heteroatoms. The summed E-state index contributed by atoms with van der Waals surface area (Å²) in [5, 5.41) is 9.31. The van der Waals surface area contributed by atoms with E-state index < -0.39 is 34.7 Å². The van der Waals surface area contributed by atoms with Crippen molar-refractivity contribution < 1.29 is 23.8 Å². The quantitative estimate of drug-likeness (QED) is 0.532. The maximum Gasteiger partial charge on any atom is 0.337 e. The molecule has 0 aliphatic heterocycles. The summed E-state index contributed by atoms with van der Waals surface area (Å²) in [4.78, 5) is 54.7. The molecule has 0 atom stereocenters. The number of halogens is 1. The number of esters is 1. The third-order valence-electron chi connectivity index (χ3n) is 6.30. The second-order valence-corrected chi connectivity index (χ2v) is 10.1. The second-order valence-electron chi connectivity index (χ2n) is 10.1. The largest absolute Gasteiger partial charge is 0.478 e. The fraction of sp³-hybridized carbons (Fsp3) is 0.423. The summed E-state index contributed by atoms with van der Waals surface area (Å²) in [6.45, 7) is 5.43. The molecule has 1 fully saturated rings. The summed E-state index contributed by atoms with van der Waals surface area (Å²) in [5.41, 5.74) is -1.79. The van der Waals surface area contributed by atoms with Gasteiger partial charge in [0.25, 0.3) is 5.56 Å². The Hall–Kier alpha value is -3.82. The third-order valence-corrected chi connectivity index (χ3v) is 6.30. The lowest BCUT2D eigenvalue weighted by molar-refractivity contribution is -0.156. The van der Waals surface area contributed by atoms with Crippen molar-refractivity contribution in [3.05, 3.63) is 68.7 Å². The zero-order valence-corrected chi connectivity index (χ0v) is 20.4. The molecule has 2 aromatic heterocycles. The molecule has 0 bridgehead atoms. The molecule has 0 unspecified atom stereocenters. The highest BCUT2D eigenvalue weighted by Crippen LogP contribution is 2.33. The highest BCUT2D eigenvalue weighted by molar-refractivity contribution is 5.88. The van der Waals surface area contributed by atoms with Gasteiger partial charge in [0.1, 0.15) is 11.4 Å². The summed E-state index contributed by atoms with van der Waals surface area (Å²) in [5.74, 6) is -2.11. The van der Waals surface area contributed by atoms with E-state index in [0.717, 1.165) is 21.4 Å². The fourth-order valence-corrected chi connectivity index (χ4v) is 4.74. The van der Waals surface area contributed by atoms with E-state index in [1.165, 1.54) is 24.3 Å². The molecule has 0 radical (unpaired) electrons. The molecule has 0 spiro atoms. The van der Waals surface area contributed by atoms with E-state index in [1.54, 1.807) is 0 Å². The van der Waals surface area contributed by atoms with Crippen LogP contribution < -0.4 is 11.2 Å². The van der Waals surface area contributed by atoms with Crippen molar-refractivity contribution in [2.75, 3.05) is 0 Å². The number of aromatic nitrogens is 3. The van der Waals surface area contributed by atoms with Crippen molar-refractivity contribution >= 4 is 23.0 Å². The zero-order valence-electron chi connectivity index (χ0n) is 20.4. The first-order chi connectivity index (χ1) is 16.9. The van der Waals surface area contributed by atoms with Gasteiger partial charge in [0.2, 0.25) is 0 Å². The molecular formula is C26H28FN3O6. The van der Waals surface area contributed by atoms with E-state index in [1.807, 2.05) is 20.8 Å². The van der Waals surface area contributed by atoms with Crippen LogP contribution in [0.1, 0.15) is 69.3 Å². The lowest BCUT2D eigenvalue weighted by atomic mass is 9.84. The number of hydrogen-bond donors (Lipinski definition) is 1. The van der Waals surface area contributed by atoms with E-state index >= 15 is 0 Å². The zero-order chi connectivity index (χ0) is 26.2. The number of hydrogen-bond acceptors (Lipinski definition) is 6. The highest BCUT2D eigenvalue weighted by atomic mass is 19.1. The number of carboxylic acids is 1. The van der Waals surface area contributed by atoms with Crippen LogP contribution in [-0.4, -0.2) is 36.8 Å². The molecule has 190 valence electrons. The summed E-state index contributed by atoms with van der Waals surface area (Å²) in [7, 11) is 0. The highest BCUT2D eigenvalue weighted by Gasteiger charge is 2.29. The van der Waals surface area contributed by atoms with Crippen molar-refractivity contribution in [2.45, 2.75) is 64.5 Å². The van der Waals surface area contributed by atoms with Gasteiger partial charge in [-0.3, -0.25) is 14.2 Å². The monoisotopic (exact) mass is 497 g/mol. The molecule has 3 aromatic rings. The van der Waals surface area contributed by atoms with Gasteiger partial charge in [-0.25, -0.2) is 23.5 Å². The average Bonchev–Trinajstić information content (AvgIpc) is 2.79. The molecule has 36 heavy (non-hydrogen) atoms. The van der Waals surface area contributed by atoms with E-state index in [4.69, 9.17) is 4.74 Å². The molecule has 1 aliphatic rings. The molecule has 9 nitrogen and oxygen atoms in total. The number of carbonyl (C=O) groups excluding carboxylic acids is 1. The topological polar surface area (TPSA) is 120 Å². The second kappa shape index (κ2) is 9.67. The normalized spacial score (nSPS) is 18.2. The standard InChI is InChI=1S/C26H28FN3O6/c1-26(2,3)36-21(31)11-15-7-9-18(10-8-15)30-23(32)20-13-17(27)14-28-22(20)29(25(30)35)19-6-4-5-16(12-19)24(33)34/h4-6,12-15,18H,7-11H2,1-3H3,(H,33,34). The summed E-state index contributed by atoms with van der Waals surface area (Å²) in [6.07, 6.45) is 3.36. The number of carbonyl (C=O) groups is 2. The Morgan fingerprint density at radius 3 is 2.47 bits per heavy atom. The average molecular weight is 498 g/mol. The number of carboxylic acid groups (broad SMARTS) is 1. The number of nitrogens with zero attached hydrogens (tertiary/aromatic N) is 3. The van der Waals surface area contributed by atoms with Crippen molar-refractivity contribution in [3.63, 3.8) is 0 Å². The molecule has 0 amide bonds. The van der Waals surface area contributed by atoms with Crippen molar-refractivity contribution in [1.82, 2.24) is 14.1 Å². The predicted octanol–water partition coefficient (Wildman–Crippen LogP) is 3.85. The van der Waals surface area contributed by atoms with E-state index in [-0.39, 0.29) is 40.6 Å². The van der Waals surface area contributed by atoms with E-state index in [9.17, 15) is 28.7 Å². The molecule has 4 rings (SSSR count). The van der Waals surface area contributed by atoms with E-state index in [2.05, 4.69) is 4.98 Å². The van der Waals surface area contributed by atoms with Crippen LogP contribution in [0.2, 0.25) is 0 Å². The third kappa shape index (κ3) is 5.22. The smallest absolute Gasteiger partial charge is 0.337 e. The van der Waals surface area contributed by atoms with E-state index in [0.29, 0.717) is 25.7 Å². The Kier molecular flexibility index (Phi) is 6.79. The first-order valence-corrected chi connectivity index (χ1v) is 11.8. The van der Waals surface area contributed by atoms with Crippen molar-refractivity contribution in [3.8, 4) is 5.69 Å². The first-order valence-electron chi connectivity index (χ1n) is 11.8. The Balaban J connectivity index is 1.72. The van der Waals surface area contributed by atoms with Crippen LogP contribution in [0.15, 0.2) is 46.1 Å². The molecule has 0 saturated heterocycles. The number of benzene rings is 1. The van der Waals surface area contributed by atoms with Crippen LogP contribution in [0.5, 0.6) is 0 Å². The Labute approximate surface area is 206 Å². The van der Waals surface area contributed by atoms with Crippen LogP contribution in [0.3, 0.4) is 0 Å². The minimum absolute atomic E-state index is 0.0462. The lowest BCUT2D eigenvalue weighted by Gasteiger charge is -2.30. The minimum Gasteiger partial charge on any atom is -0.478 e. The molecule has 1 N–H and O–H groups in total. The number of fused-ring (bicyclic) bond motifs is 1. The van der Waals surface area contributed by atoms with Crippen molar-refractivity contribution in [2.24, 2.45) is 5.92 Å². The van der Waals surface area contributed by atoms with Gasteiger partial charge < -0.3 is 9.84 Å². The summed E-state index contributed by atoms with van der Waals surface area (Å²) >= 11 is 0. The van der Waals surface area contributed by atoms with Gasteiger partial charge in [-0.2, -0.15) is 0 Å². The molecule has 1 aliphatic carbocycles. The van der Waals surface area contributed by atoms with Gasteiger partial charge in [-0.15, -0.1) is 0 Å². The lowest BCUT2D eigenvalue weighted by Crippen LogP contribution is -2.43. The molecular weight excluding hydrogens is 469 g/mol.